The molecule has 2 N–H and O–H groups in total. The Morgan fingerprint density at radius 1 is 1.07 bits per heavy atom. The van der Waals surface area contributed by atoms with Gasteiger partial charge in [-0.05, 0) is 54.5 Å². The molecular formula is C31H33N5O3S2. The van der Waals surface area contributed by atoms with Crippen LogP contribution in [0.4, 0.5) is 5.00 Å². The third-order valence-corrected chi connectivity index (χ3v) is 9.08. The lowest BCUT2D eigenvalue weighted by Crippen LogP contribution is -2.25. The average Bonchev–Trinajstić information content (AvgIpc) is 3.56. The Bertz CT molecular complexity index is 1510. The first-order valence-electron chi connectivity index (χ1n) is 13.6. The van der Waals surface area contributed by atoms with Gasteiger partial charge in [0.1, 0.15) is 16.6 Å². The standard InChI is InChI=1S/C31H33N5O3S2/c1-3-17-36-26(18-21-13-15-23(39-2)16-14-21)34-35-31(36)40-20-27(37)33-30-28(24-11-7-8-12-25(24)41-30)29(38)32-19-22-9-5-4-6-10-22/h3-6,9-10,13-16H,1,7-8,11-12,17-20H2,2H3,(H,32,38)(H,33,37). The van der Waals surface area contributed by atoms with Crippen LogP contribution in [0.15, 0.2) is 72.4 Å². The van der Waals surface area contributed by atoms with Gasteiger partial charge in [-0.3, -0.25) is 9.59 Å². The lowest BCUT2D eigenvalue weighted by molar-refractivity contribution is -0.113. The topological polar surface area (TPSA) is 98.1 Å². The predicted molar refractivity (Wildman–Crippen MR) is 164 cm³/mol. The number of aryl methyl sites for hydroxylation is 1. The van der Waals surface area contributed by atoms with Crippen LogP contribution in [0.3, 0.4) is 0 Å². The molecule has 212 valence electrons. The van der Waals surface area contributed by atoms with Gasteiger partial charge in [-0.15, -0.1) is 28.1 Å². The smallest absolute Gasteiger partial charge is 0.254 e. The van der Waals surface area contributed by atoms with Crippen LogP contribution in [0.2, 0.25) is 0 Å². The first-order chi connectivity index (χ1) is 20.1. The number of methoxy groups -OCH3 is 1. The Labute approximate surface area is 248 Å². The zero-order valence-electron chi connectivity index (χ0n) is 23.0. The number of amides is 2. The number of thioether (sulfide) groups is 1. The van der Waals surface area contributed by atoms with Crippen LogP contribution in [0.25, 0.3) is 0 Å². The summed E-state index contributed by atoms with van der Waals surface area (Å²) in [6, 6.07) is 17.7. The minimum atomic E-state index is -0.185. The van der Waals surface area contributed by atoms with Crippen LogP contribution in [-0.4, -0.2) is 39.4 Å². The monoisotopic (exact) mass is 587 g/mol. The van der Waals surface area contributed by atoms with Crippen molar-refractivity contribution in [3.63, 3.8) is 0 Å². The molecule has 0 bridgehead atoms. The molecule has 4 aromatic rings. The highest BCUT2D eigenvalue weighted by Crippen LogP contribution is 2.38. The van der Waals surface area contributed by atoms with Crippen LogP contribution < -0.4 is 15.4 Å². The van der Waals surface area contributed by atoms with Crippen molar-refractivity contribution < 1.29 is 14.3 Å². The number of benzene rings is 2. The average molecular weight is 588 g/mol. The number of ether oxygens (including phenoxy) is 1. The molecule has 0 atom stereocenters. The van der Waals surface area contributed by atoms with Gasteiger partial charge in [0, 0.05) is 24.4 Å². The van der Waals surface area contributed by atoms with Crippen molar-refractivity contribution in [2.45, 2.75) is 50.4 Å². The second kappa shape index (κ2) is 13.6. The second-order valence-corrected chi connectivity index (χ2v) is 11.8. The third kappa shape index (κ3) is 7.07. The lowest BCUT2D eigenvalue weighted by Gasteiger charge is -2.13. The van der Waals surface area contributed by atoms with Crippen LogP contribution in [0, 0.1) is 0 Å². The lowest BCUT2D eigenvalue weighted by atomic mass is 9.95. The summed E-state index contributed by atoms with van der Waals surface area (Å²) in [6.45, 7) is 4.84. The molecular weight excluding hydrogens is 555 g/mol. The van der Waals surface area contributed by atoms with Crippen molar-refractivity contribution in [2.75, 3.05) is 18.2 Å². The molecule has 5 rings (SSSR count). The van der Waals surface area contributed by atoms with Gasteiger partial charge in [-0.25, -0.2) is 0 Å². The maximum atomic E-state index is 13.3. The summed E-state index contributed by atoms with van der Waals surface area (Å²) >= 11 is 2.85. The molecule has 1 aliphatic carbocycles. The van der Waals surface area contributed by atoms with E-state index in [-0.39, 0.29) is 17.6 Å². The van der Waals surface area contributed by atoms with E-state index in [1.54, 1.807) is 13.2 Å². The summed E-state index contributed by atoms with van der Waals surface area (Å²) < 4.78 is 7.22. The van der Waals surface area contributed by atoms with Gasteiger partial charge in [-0.2, -0.15) is 0 Å². The summed E-state index contributed by atoms with van der Waals surface area (Å²) in [6.07, 6.45) is 6.32. The molecule has 0 saturated carbocycles. The number of carbonyl (C=O) groups is 2. The number of aromatic nitrogens is 3. The number of carbonyl (C=O) groups excluding carboxylic acids is 2. The first kappa shape index (κ1) is 28.6. The molecule has 0 radical (unpaired) electrons. The van der Waals surface area contributed by atoms with Crippen molar-refractivity contribution in [1.82, 2.24) is 20.1 Å². The van der Waals surface area contributed by atoms with E-state index in [0.717, 1.165) is 53.9 Å². The Morgan fingerprint density at radius 3 is 2.61 bits per heavy atom. The summed E-state index contributed by atoms with van der Waals surface area (Å²) in [5.74, 6) is 1.40. The van der Waals surface area contributed by atoms with Crippen LogP contribution >= 0.6 is 23.1 Å². The SMILES string of the molecule is C=CCn1c(Cc2ccc(OC)cc2)nnc1SCC(=O)Nc1sc2c(c1C(=O)NCc1ccccc1)CCCC2. The van der Waals surface area contributed by atoms with Crippen molar-refractivity contribution in [3.05, 3.63) is 100 Å². The number of anilines is 1. The summed E-state index contributed by atoms with van der Waals surface area (Å²) in [7, 11) is 1.64. The molecule has 2 amide bonds. The molecule has 1 aliphatic rings. The van der Waals surface area contributed by atoms with E-state index in [1.807, 2.05) is 59.2 Å². The summed E-state index contributed by atoms with van der Waals surface area (Å²) in [5.41, 5.74) is 3.79. The molecule has 2 aromatic heterocycles. The molecule has 0 unspecified atom stereocenters. The van der Waals surface area contributed by atoms with E-state index in [4.69, 9.17) is 4.74 Å². The largest absolute Gasteiger partial charge is 0.497 e. The number of allylic oxidation sites excluding steroid dienone is 1. The number of rotatable bonds is 12. The zero-order chi connectivity index (χ0) is 28.6. The number of nitrogens with zero attached hydrogens (tertiary/aromatic N) is 3. The Kier molecular flexibility index (Phi) is 9.53. The fraction of sp³-hybridized carbons (Fsp3) is 0.290. The van der Waals surface area contributed by atoms with Crippen LogP contribution in [-0.2, 0) is 37.1 Å². The molecule has 10 heteroatoms. The van der Waals surface area contributed by atoms with Crippen molar-refractivity contribution in [1.29, 1.82) is 0 Å². The van der Waals surface area contributed by atoms with Gasteiger partial charge in [0.2, 0.25) is 5.91 Å². The number of fused-ring (bicyclic) bond motifs is 1. The highest BCUT2D eigenvalue weighted by atomic mass is 32.2. The van der Waals surface area contributed by atoms with Gasteiger partial charge >= 0.3 is 0 Å². The van der Waals surface area contributed by atoms with E-state index in [0.29, 0.717) is 35.2 Å². The van der Waals surface area contributed by atoms with Gasteiger partial charge < -0.3 is 19.9 Å². The van der Waals surface area contributed by atoms with Gasteiger partial charge in [0.15, 0.2) is 5.16 Å². The molecule has 0 aliphatic heterocycles. The van der Waals surface area contributed by atoms with E-state index >= 15 is 0 Å². The minimum absolute atomic E-state index is 0.144. The molecule has 41 heavy (non-hydrogen) atoms. The maximum absolute atomic E-state index is 13.3. The van der Waals surface area contributed by atoms with E-state index in [2.05, 4.69) is 27.4 Å². The van der Waals surface area contributed by atoms with E-state index < -0.39 is 0 Å². The maximum Gasteiger partial charge on any atom is 0.254 e. The molecule has 8 nitrogen and oxygen atoms in total. The number of nitrogens with one attached hydrogen (secondary N) is 2. The Hall–Kier alpha value is -3.89. The Balaban J connectivity index is 1.26. The van der Waals surface area contributed by atoms with Gasteiger partial charge in [0.25, 0.3) is 5.91 Å². The molecule has 2 heterocycles. The predicted octanol–water partition coefficient (Wildman–Crippen LogP) is 5.66. The van der Waals surface area contributed by atoms with E-state index in [9.17, 15) is 9.59 Å². The molecule has 0 saturated heterocycles. The quantitative estimate of drug-likeness (QED) is 0.164. The first-order valence-corrected chi connectivity index (χ1v) is 15.4. The summed E-state index contributed by atoms with van der Waals surface area (Å²) in [4.78, 5) is 27.7. The normalized spacial score (nSPS) is 12.4. The molecule has 0 spiro atoms. The third-order valence-electron chi connectivity index (χ3n) is 6.91. The minimum Gasteiger partial charge on any atom is -0.497 e. The number of thiophene rings is 1. The van der Waals surface area contributed by atoms with E-state index in [1.165, 1.54) is 28.0 Å². The number of hydrogen-bond acceptors (Lipinski definition) is 7. The van der Waals surface area contributed by atoms with Crippen LogP contribution in [0.1, 0.15) is 50.6 Å². The zero-order valence-corrected chi connectivity index (χ0v) is 24.7. The highest BCUT2D eigenvalue weighted by molar-refractivity contribution is 7.99. The molecule has 2 aromatic carbocycles. The van der Waals surface area contributed by atoms with Crippen molar-refractivity contribution >= 4 is 39.9 Å². The Morgan fingerprint density at radius 2 is 1.85 bits per heavy atom. The van der Waals surface area contributed by atoms with Gasteiger partial charge in [-0.1, -0.05) is 60.3 Å². The fourth-order valence-corrected chi connectivity index (χ4v) is 6.92. The second-order valence-electron chi connectivity index (χ2n) is 9.74. The summed E-state index contributed by atoms with van der Waals surface area (Å²) in [5, 5.41) is 16.1. The highest BCUT2D eigenvalue weighted by Gasteiger charge is 2.26. The molecule has 0 fully saturated rings. The number of hydrogen-bond donors (Lipinski definition) is 2. The fourth-order valence-electron chi connectivity index (χ4n) is 4.85. The van der Waals surface area contributed by atoms with Crippen LogP contribution in [0.5, 0.6) is 5.75 Å². The van der Waals surface area contributed by atoms with Gasteiger partial charge in [0.05, 0.1) is 18.4 Å². The van der Waals surface area contributed by atoms with Crippen molar-refractivity contribution in [2.24, 2.45) is 0 Å². The van der Waals surface area contributed by atoms with Crippen molar-refractivity contribution in [3.8, 4) is 5.75 Å².